The van der Waals surface area contributed by atoms with Crippen LogP contribution >= 0.6 is 11.6 Å². The molecule has 0 bridgehead atoms. The van der Waals surface area contributed by atoms with E-state index in [9.17, 15) is 0 Å². The lowest BCUT2D eigenvalue weighted by Crippen LogP contribution is -2.15. The highest BCUT2D eigenvalue weighted by Crippen LogP contribution is 2.20. The summed E-state index contributed by atoms with van der Waals surface area (Å²) in [6.07, 6.45) is 1.78. The predicted octanol–water partition coefficient (Wildman–Crippen LogP) is 2.02. The topological polar surface area (TPSA) is 48.1 Å². The molecule has 3 nitrogen and oxygen atoms in total. The van der Waals surface area contributed by atoms with Crippen LogP contribution in [0.3, 0.4) is 0 Å². The second-order valence-corrected chi connectivity index (χ2v) is 3.71. The molecule has 1 rings (SSSR count). The molecule has 0 aliphatic heterocycles. The zero-order valence-electron chi connectivity index (χ0n) is 8.46. The van der Waals surface area contributed by atoms with Crippen LogP contribution < -0.4 is 10.5 Å². The van der Waals surface area contributed by atoms with Gasteiger partial charge < -0.3 is 10.5 Å². The average molecular weight is 215 g/mol. The summed E-state index contributed by atoms with van der Waals surface area (Å²) >= 11 is 5.74. The minimum atomic E-state index is 0.190. The van der Waals surface area contributed by atoms with Gasteiger partial charge >= 0.3 is 0 Å². The molecule has 0 spiro atoms. The first-order valence-corrected chi connectivity index (χ1v) is 4.96. The molecule has 2 N–H and O–H groups in total. The molecule has 0 aliphatic carbocycles. The predicted molar refractivity (Wildman–Crippen MR) is 57.8 cm³/mol. The molecular weight excluding hydrogens is 200 g/mol. The number of halogens is 1. The van der Waals surface area contributed by atoms with Gasteiger partial charge in [-0.1, -0.05) is 17.7 Å². The Bertz CT molecular complexity index is 302. The first-order chi connectivity index (χ1) is 6.63. The molecule has 0 aromatic carbocycles. The van der Waals surface area contributed by atoms with Gasteiger partial charge in [-0.3, -0.25) is 0 Å². The Morgan fingerprint density at radius 3 is 2.86 bits per heavy atom. The molecule has 1 aromatic heterocycles. The third-order valence-electron chi connectivity index (χ3n) is 1.97. The number of nitrogens with zero attached hydrogens (tertiary/aromatic N) is 1. The monoisotopic (exact) mass is 214 g/mol. The second kappa shape index (κ2) is 5.17. The van der Waals surface area contributed by atoms with Gasteiger partial charge in [0, 0.05) is 11.6 Å². The van der Waals surface area contributed by atoms with Crippen LogP contribution in [-0.4, -0.2) is 18.1 Å². The SMILES string of the molecule is COc1nc(Cl)ccc1CC[C@@H](C)N. The summed E-state index contributed by atoms with van der Waals surface area (Å²) in [5.41, 5.74) is 6.72. The molecular formula is C10H15ClN2O. The van der Waals surface area contributed by atoms with Gasteiger partial charge in [0.25, 0.3) is 0 Å². The van der Waals surface area contributed by atoms with Crippen molar-refractivity contribution in [3.8, 4) is 5.88 Å². The standard InChI is InChI=1S/C10H15ClN2O/c1-7(12)3-4-8-5-6-9(11)13-10(8)14-2/h5-7H,3-4,12H2,1-2H3/t7-/m1/s1. The Hall–Kier alpha value is -0.800. The third kappa shape index (κ3) is 3.16. The molecule has 1 heterocycles. The lowest BCUT2D eigenvalue weighted by Gasteiger charge is -2.08. The summed E-state index contributed by atoms with van der Waals surface area (Å²) in [5, 5.41) is 0.450. The van der Waals surface area contributed by atoms with Crippen LogP contribution in [0, 0.1) is 0 Å². The van der Waals surface area contributed by atoms with Gasteiger partial charge in [-0.2, -0.15) is 0 Å². The van der Waals surface area contributed by atoms with Crippen molar-refractivity contribution < 1.29 is 4.74 Å². The number of aryl methyl sites for hydroxylation is 1. The van der Waals surface area contributed by atoms with Crippen LogP contribution in [0.1, 0.15) is 18.9 Å². The largest absolute Gasteiger partial charge is 0.481 e. The summed E-state index contributed by atoms with van der Waals surface area (Å²) in [4.78, 5) is 4.07. The number of hydrogen-bond donors (Lipinski definition) is 1. The van der Waals surface area contributed by atoms with Crippen LogP contribution in [0.2, 0.25) is 5.15 Å². The highest BCUT2D eigenvalue weighted by molar-refractivity contribution is 6.29. The molecule has 0 aliphatic rings. The van der Waals surface area contributed by atoms with Crippen molar-refractivity contribution in [1.29, 1.82) is 0 Å². The van der Waals surface area contributed by atoms with Gasteiger partial charge in [0.05, 0.1) is 7.11 Å². The summed E-state index contributed by atoms with van der Waals surface area (Å²) in [5.74, 6) is 0.596. The maximum absolute atomic E-state index is 5.74. The van der Waals surface area contributed by atoms with Gasteiger partial charge in [-0.15, -0.1) is 0 Å². The normalized spacial score (nSPS) is 12.6. The van der Waals surface area contributed by atoms with E-state index in [0.717, 1.165) is 18.4 Å². The Morgan fingerprint density at radius 2 is 2.29 bits per heavy atom. The maximum Gasteiger partial charge on any atom is 0.217 e. The molecule has 1 aromatic rings. The van der Waals surface area contributed by atoms with Crippen molar-refractivity contribution in [2.75, 3.05) is 7.11 Å². The van der Waals surface area contributed by atoms with E-state index < -0.39 is 0 Å². The molecule has 78 valence electrons. The average Bonchev–Trinajstić information content (AvgIpc) is 2.15. The van der Waals surface area contributed by atoms with Crippen LogP contribution in [0.25, 0.3) is 0 Å². The zero-order chi connectivity index (χ0) is 10.6. The fraction of sp³-hybridized carbons (Fsp3) is 0.500. The highest BCUT2D eigenvalue weighted by atomic mass is 35.5. The molecule has 4 heteroatoms. The lowest BCUT2D eigenvalue weighted by atomic mass is 10.1. The van der Waals surface area contributed by atoms with E-state index in [4.69, 9.17) is 22.1 Å². The van der Waals surface area contributed by atoms with E-state index >= 15 is 0 Å². The highest BCUT2D eigenvalue weighted by Gasteiger charge is 2.06. The van der Waals surface area contributed by atoms with E-state index in [1.807, 2.05) is 13.0 Å². The molecule has 0 saturated heterocycles. The number of rotatable bonds is 4. The van der Waals surface area contributed by atoms with Crippen molar-refractivity contribution >= 4 is 11.6 Å². The van der Waals surface area contributed by atoms with Gasteiger partial charge in [0.15, 0.2) is 0 Å². The number of nitrogens with two attached hydrogens (primary N) is 1. The summed E-state index contributed by atoms with van der Waals surface area (Å²) in [7, 11) is 1.59. The Morgan fingerprint density at radius 1 is 1.57 bits per heavy atom. The van der Waals surface area contributed by atoms with E-state index in [1.54, 1.807) is 13.2 Å². The van der Waals surface area contributed by atoms with Crippen molar-refractivity contribution in [1.82, 2.24) is 4.98 Å². The van der Waals surface area contributed by atoms with Crippen molar-refractivity contribution in [2.24, 2.45) is 5.73 Å². The summed E-state index contributed by atoms with van der Waals surface area (Å²) in [6.45, 7) is 1.98. The van der Waals surface area contributed by atoms with Gasteiger partial charge in [0.2, 0.25) is 5.88 Å². The fourth-order valence-electron chi connectivity index (χ4n) is 1.20. The van der Waals surface area contributed by atoms with Crippen molar-refractivity contribution in [3.05, 3.63) is 22.8 Å². The first-order valence-electron chi connectivity index (χ1n) is 4.58. The molecule has 0 radical (unpaired) electrons. The van der Waals surface area contributed by atoms with Crippen molar-refractivity contribution in [2.45, 2.75) is 25.8 Å². The molecule has 14 heavy (non-hydrogen) atoms. The summed E-state index contributed by atoms with van der Waals surface area (Å²) in [6, 6.07) is 3.88. The van der Waals surface area contributed by atoms with Crippen molar-refractivity contribution in [3.63, 3.8) is 0 Å². The molecule has 0 fully saturated rings. The first kappa shape index (κ1) is 11.3. The molecule has 0 saturated carbocycles. The Kier molecular flexibility index (Phi) is 4.17. The number of pyridine rings is 1. The minimum absolute atomic E-state index is 0.190. The Balaban J connectivity index is 2.75. The third-order valence-corrected chi connectivity index (χ3v) is 2.18. The zero-order valence-corrected chi connectivity index (χ0v) is 9.21. The molecule has 0 amide bonds. The number of ether oxygens (including phenoxy) is 1. The number of methoxy groups -OCH3 is 1. The number of aromatic nitrogens is 1. The van der Waals surface area contributed by atoms with E-state index in [0.29, 0.717) is 11.0 Å². The molecule has 0 unspecified atom stereocenters. The van der Waals surface area contributed by atoms with E-state index in [2.05, 4.69) is 4.98 Å². The minimum Gasteiger partial charge on any atom is -0.481 e. The molecule has 1 atom stereocenters. The van der Waals surface area contributed by atoms with E-state index in [1.165, 1.54) is 0 Å². The van der Waals surface area contributed by atoms with Crippen LogP contribution in [-0.2, 0) is 6.42 Å². The number of hydrogen-bond acceptors (Lipinski definition) is 3. The van der Waals surface area contributed by atoms with Gasteiger partial charge in [0.1, 0.15) is 5.15 Å². The fourth-order valence-corrected chi connectivity index (χ4v) is 1.34. The van der Waals surface area contributed by atoms with Crippen LogP contribution in [0.4, 0.5) is 0 Å². The maximum atomic E-state index is 5.74. The smallest absolute Gasteiger partial charge is 0.217 e. The quantitative estimate of drug-likeness (QED) is 0.781. The van der Waals surface area contributed by atoms with E-state index in [-0.39, 0.29) is 6.04 Å². The second-order valence-electron chi connectivity index (χ2n) is 3.32. The summed E-state index contributed by atoms with van der Waals surface area (Å²) < 4.78 is 5.12. The lowest BCUT2D eigenvalue weighted by molar-refractivity contribution is 0.391. The van der Waals surface area contributed by atoms with Gasteiger partial charge in [-0.05, 0) is 25.8 Å². The van der Waals surface area contributed by atoms with Gasteiger partial charge in [-0.25, -0.2) is 4.98 Å². The van der Waals surface area contributed by atoms with Crippen LogP contribution in [0.15, 0.2) is 12.1 Å². The Labute approximate surface area is 89.2 Å². The van der Waals surface area contributed by atoms with Crippen LogP contribution in [0.5, 0.6) is 5.88 Å².